The van der Waals surface area contributed by atoms with Crippen LogP contribution in [0.15, 0.2) is 35.7 Å². The fourth-order valence-corrected chi connectivity index (χ4v) is 2.35. The van der Waals surface area contributed by atoms with Crippen LogP contribution in [0.2, 0.25) is 0 Å². The van der Waals surface area contributed by atoms with Gasteiger partial charge in [0.2, 0.25) is 0 Å². The molecule has 0 aliphatic heterocycles. The largest absolute Gasteiger partial charge is 0.405 e. The Kier molecular flexibility index (Phi) is 4.39. The number of halogens is 3. The lowest BCUT2D eigenvalue weighted by Crippen LogP contribution is -2.33. The third-order valence-corrected chi connectivity index (χ3v) is 3.28. The molecule has 0 saturated carbocycles. The standard InChI is InChI=1S/C13H11F3N2OS/c14-13(15,16)8-17-12(19)10-7-20-11(18-10)6-9-4-2-1-3-5-9/h1-5,7H,6,8H2,(H,17,19). The highest BCUT2D eigenvalue weighted by Crippen LogP contribution is 2.16. The minimum atomic E-state index is -4.42. The van der Waals surface area contributed by atoms with Gasteiger partial charge in [-0.25, -0.2) is 4.98 Å². The maximum absolute atomic E-state index is 12.0. The lowest BCUT2D eigenvalue weighted by molar-refractivity contribution is -0.123. The van der Waals surface area contributed by atoms with Crippen molar-refractivity contribution in [3.05, 3.63) is 52.0 Å². The van der Waals surface area contributed by atoms with Crippen molar-refractivity contribution in [2.75, 3.05) is 6.54 Å². The van der Waals surface area contributed by atoms with Crippen molar-refractivity contribution >= 4 is 17.2 Å². The number of carbonyl (C=O) groups is 1. The molecule has 1 amide bonds. The molecule has 2 rings (SSSR count). The van der Waals surface area contributed by atoms with Gasteiger partial charge in [0, 0.05) is 11.8 Å². The molecule has 1 N–H and O–H groups in total. The topological polar surface area (TPSA) is 42.0 Å². The van der Waals surface area contributed by atoms with Gasteiger partial charge in [-0.1, -0.05) is 30.3 Å². The van der Waals surface area contributed by atoms with Crippen LogP contribution in [0.1, 0.15) is 21.1 Å². The molecule has 1 aromatic carbocycles. The van der Waals surface area contributed by atoms with Crippen molar-refractivity contribution in [3.8, 4) is 0 Å². The zero-order chi connectivity index (χ0) is 14.6. The van der Waals surface area contributed by atoms with Crippen LogP contribution in [0, 0.1) is 0 Å². The van der Waals surface area contributed by atoms with Crippen molar-refractivity contribution in [1.82, 2.24) is 10.3 Å². The quantitative estimate of drug-likeness (QED) is 0.943. The number of nitrogens with zero attached hydrogens (tertiary/aromatic N) is 1. The zero-order valence-corrected chi connectivity index (χ0v) is 11.1. The maximum Gasteiger partial charge on any atom is 0.405 e. The number of thiazole rings is 1. The summed E-state index contributed by atoms with van der Waals surface area (Å²) in [7, 11) is 0. The highest BCUT2D eigenvalue weighted by molar-refractivity contribution is 7.09. The molecule has 0 aliphatic carbocycles. The minimum Gasteiger partial charge on any atom is -0.342 e. The third-order valence-electron chi connectivity index (χ3n) is 2.43. The fourth-order valence-electron chi connectivity index (χ4n) is 1.54. The summed E-state index contributed by atoms with van der Waals surface area (Å²) in [6.07, 6.45) is -3.86. The maximum atomic E-state index is 12.0. The van der Waals surface area contributed by atoms with Crippen molar-refractivity contribution in [1.29, 1.82) is 0 Å². The Morgan fingerprint density at radius 2 is 1.95 bits per heavy atom. The lowest BCUT2D eigenvalue weighted by Gasteiger charge is -2.06. The van der Waals surface area contributed by atoms with E-state index in [2.05, 4.69) is 4.98 Å². The van der Waals surface area contributed by atoms with Crippen molar-refractivity contribution < 1.29 is 18.0 Å². The van der Waals surface area contributed by atoms with E-state index in [1.165, 1.54) is 16.7 Å². The summed E-state index contributed by atoms with van der Waals surface area (Å²) < 4.78 is 36.0. The predicted molar refractivity (Wildman–Crippen MR) is 69.8 cm³/mol. The first-order valence-electron chi connectivity index (χ1n) is 5.77. The monoisotopic (exact) mass is 300 g/mol. The van der Waals surface area contributed by atoms with Gasteiger partial charge in [-0.3, -0.25) is 4.79 Å². The number of nitrogens with one attached hydrogen (secondary N) is 1. The Bertz CT molecular complexity index is 581. The van der Waals surface area contributed by atoms with E-state index in [0.29, 0.717) is 11.4 Å². The van der Waals surface area contributed by atoms with Crippen molar-refractivity contribution in [3.63, 3.8) is 0 Å². The van der Waals surface area contributed by atoms with Gasteiger partial charge in [0.25, 0.3) is 5.91 Å². The second-order valence-electron chi connectivity index (χ2n) is 4.09. The molecular formula is C13H11F3N2OS. The molecule has 0 radical (unpaired) electrons. The summed E-state index contributed by atoms with van der Waals surface area (Å²) in [5, 5.41) is 3.95. The zero-order valence-electron chi connectivity index (χ0n) is 10.3. The number of carbonyl (C=O) groups excluding carboxylic acids is 1. The summed E-state index contributed by atoms with van der Waals surface area (Å²) in [5.41, 5.74) is 1.05. The molecule has 0 spiro atoms. The van der Waals surface area contributed by atoms with Crippen molar-refractivity contribution in [2.24, 2.45) is 0 Å². The third kappa shape index (κ3) is 4.34. The van der Waals surface area contributed by atoms with Gasteiger partial charge in [0.1, 0.15) is 12.2 Å². The van der Waals surface area contributed by atoms with Gasteiger partial charge in [-0.2, -0.15) is 13.2 Å². The van der Waals surface area contributed by atoms with Crippen LogP contribution in [-0.2, 0) is 6.42 Å². The first-order chi connectivity index (χ1) is 9.44. The predicted octanol–water partition coefficient (Wildman–Crippen LogP) is 3.03. The Labute approximate surface area is 117 Å². The number of amides is 1. The average Bonchev–Trinajstić information content (AvgIpc) is 2.85. The summed E-state index contributed by atoms with van der Waals surface area (Å²) in [5.74, 6) is -0.808. The van der Waals surface area contributed by atoms with Crippen LogP contribution < -0.4 is 5.32 Å². The summed E-state index contributed by atoms with van der Waals surface area (Å²) >= 11 is 1.25. The number of aromatic nitrogens is 1. The molecule has 1 aromatic heterocycles. The van der Waals surface area contributed by atoms with Gasteiger partial charge in [-0.15, -0.1) is 11.3 Å². The molecule has 1 heterocycles. The smallest absolute Gasteiger partial charge is 0.342 e. The second kappa shape index (κ2) is 6.04. The Hall–Kier alpha value is -1.89. The van der Waals surface area contributed by atoms with Crippen LogP contribution in [0.3, 0.4) is 0 Å². The van der Waals surface area contributed by atoms with E-state index in [4.69, 9.17) is 0 Å². The molecule has 0 bridgehead atoms. The normalized spacial score (nSPS) is 11.3. The SMILES string of the molecule is O=C(NCC(F)(F)F)c1csc(Cc2ccccc2)n1. The van der Waals surface area contributed by atoms with Crippen LogP contribution in [0.5, 0.6) is 0 Å². The molecule has 0 fully saturated rings. The minimum absolute atomic E-state index is 0.0187. The van der Waals surface area contributed by atoms with Gasteiger partial charge in [-0.05, 0) is 5.56 Å². The van der Waals surface area contributed by atoms with E-state index in [1.807, 2.05) is 30.3 Å². The molecular weight excluding hydrogens is 289 g/mol. The molecule has 7 heteroatoms. The fraction of sp³-hybridized carbons (Fsp3) is 0.231. The van der Waals surface area contributed by atoms with E-state index >= 15 is 0 Å². The van der Waals surface area contributed by atoms with Crippen LogP contribution >= 0.6 is 11.3 Å². The van der Waals surface area contributed by atoms with Gasteiger partial charge in [0.15, 0.2) is 0 Å². The van der Waals surface area contributed by atoms with Crippen LogP contribution in [0.25, 0.3) is 0 Å². The number of benzene rings is 1. The molecule has 106 valence electrons. The highest BCUT2D eigenvalue weighted by Gasteiger charge is 2.28. The van der Waals surface area contributed by atoms with Gasteiger partial charge >= 0.3 is 6.18 Å². The van der Waals surface area contributed by atoms with Gasteiger partial charge < -0.3 is 5.32 Å². The Morgan fingerprint density at radius 3 is 2.60 bits per heavy atom. The van der Waals surface area contributed by atoms with Gasteiger partial charge in [0.05, 0.1) is 5.01 Å². The summed E-state index contributed by atoms with van der Waals surface area (Å²) in [6.45, 7) is -1.35. The number of alkyl halides is 3. The first kappa shape index (κ1) is 14.5. The van der Waals surface area contributed by atoms with E-state index in [0.717, 1.165) is 5.56 Å². The van der Waals surface area contributed by atoms with E-state index < -0.39 is 18.6 Å². The molecule has 20 heavy (non-hydrogen) atoms. The summed E-state index contributed by atoms with van der Waals surface area (Å²) in [6, 6.07) is 9.51. The van der Waals surface area contributed by atoms with E-state index in [9.17, 15) is 18.0 Å². The molecule has 0 atom stereocenters. The van der Waals surface area contributed by atoms with Crippen LogP contribution in [-0.4, -0.2) is 23.6 Å². The van der Waals surface area contributed by atoms with E-state index in [-0.39, 0.29) is 5.69 Å². The molecule has 0 unspecified atom stereocenters. The highest BCUT2D eigenvalue weighted by atomic mass is 32.1. The molecule has 0 aliphatic rings. The molecule has 3 nitrogen and oxygen atoms in total. The lowest BCUT2D eigenvalue weighted by atomic mass is 10.2. The second-order valence-corrected chi connectivity index (χ2v) is 5.03. The Morgan fingerprint density at radius 1 is 1.25 bits per heavy atom. The molecule has 0 saturated heterocycles. The Balaban J connectivity index is 1.97. The number of rotatable bonds is 4. The average molecular weight is 300 g/mol. The van der Waals surface area contributed by atoms with Crippen LogP contribution in [0.4, 0.5) is 13.2 Å². The van der Waals surface area contributed by atoms with Crippen molar-refractivity contribution in [2.45, 2.75) is 12.6 Å². The first-order valence-corrected chi connectivity index (χ1v) is 6.65. The number of hydrogen-bond donors (Lipinski definition) is 1. The van der Waals surface area contributed by atoms with E-state index in [1.54, 1.807) is 5.32 Å². The molecule has 2 aromatic rings. The number of hydrogen-bond acceptors (Lipinski definition) is 3. The summed E-state index contributed by atoms with van der Waals surface area (Å²) in [4.78, 5) is 15.5.